The van der Waals surface area contributed by atoms with Crippen LogP contribution in [0.2, 0.25) is 0 Å². The molecule has 0 saturated carbocycles. The van der Waals surface area contributed by atoms with Gasteiger partial charge in [0.25, 0.3) is 0 Å². The second kappa shape index (κ2) is 7.78. The lowest BCUT2D eigenvalue weighted by molar-refractivity contribution is -0.113. The molecular formula is C22H23N5O. The van der Waals surface area contributed by atoms with Crippen LogP contribution in [0.25, 0.3) is 12.2 Å². The van der Waals surface area contributed by atoms with Gasteiger partial charge in [-0.2, -0.15) is 10.2 Å². The fraction of sp³-hybridized carbons (Fsp3) is 0.227. The smallest absolute Gasteiger partial charge is 0.187 e. The van der Waals surface area contributed by atoms with Gasteiger partial charge in [0.05, 0.1) is 12.4 Å². The first-order valence-electron chi connectivity index (χ1n) is 9.26. The van der Waals surface area contributed by atoms with E-state index in [9.17, 15) is 4.79 Å². The zero-order valence-corrected chi connectivity index (χ0v) is 16.1. The molecule has 2 aromatic heterocycles. The van der Waals surface area contributed by atoms with E-state index >= 15 is 0 Å². The number of carbonyl (C=O) groups is 1. The van der Waals surface area contributed by atoms with Gasteiger partial charge < -0.3 is 0 Å². The summed E-state index contributed by atoms with van der Waals surface area (Å²) < 4.78 is 3.49. The second-order valence-corrected chi connectivity index (χ2v) is 7.19. The van der Waals surface area contributed by atoms with Crippen molar-refractivity contribution in [2.24, 2.45) is 14.1 Å². The van der Waals surface area contributed by atoms with E-state index in [0.717, 1.165) is 28.8 Å². The summed E-state index contributed by atoms with van der Waals surface area (Å²) in [6.07, 6.45) is 11.3. The standard InChI is InChI=1S/C22H23N5O/c1-25-12-18(10-23-25)8-20-15-27(14-17-6-4-3-5-7-17)16-21(22(20)28)9-19-11-24-26(2)13-19/h3-13H,14-16H2,1-2H3. The van der Waals surface area contributed by atoms with Crippen molar-refractivity contribution in [1.82, 2.24) is 24.5 Å². The molecule has 1 aliphatic rings. The highest BCUT2D eigenvalue weighted by molar-refractivity contribution is 6.14. The van der Waals surface area contributed by atoms with E-state index in [-0.39, 0.29) is 5.78 Å². The minimum atomic E-state index is 0.0945. The molecule has 0 amide bonds. The van der Waals surface area contributed by atoms with Crippen molar-refractivity contribution in [3.8, 4) is 0 Å². The van der Waals surface area contributed by atoms with Crippen LogP contribution >= 0.6 is 0 Å². The highest BCUT2D eigenvalue weighted by Crippen LogP contribution is 2.23. The molecule has 6 heteroatoms. The Balaban J connectivity index is 1.66. The molecule has 142 valence electrons. The molecule has 28 heavy (non-hydrogen) atoms. The first-order valence-corrected chi connectivity index (χ1v) is 9.26. The molecule has 0 radical (unpaired) electrons. The summed E-state index contributed by atoms with van der Waals surface area (Å²) in [4.78, 5) is 15.4. The van der Waals surface area contributed by atoms with Gasteiger partial charge in [-0.3, -0.25) is 19.1 Å². The van der Waals surface area contributed by atoms with Crippen LogP contribution in [0.5, 0.6) is 0 Å². The molecule has 0 N–H and O–H groups in total. The number of ketones is 1. The second-order valence-electron chi connectivity index (χ2n) is 7.19. The number of benzene rings is 1. The van der Waals surface area contributed by atoms with Crippen LogP contribution in [0.3, 0.4) is 0 Å². The number of nitrogens with zero attached hydrogens (tertiary/aromatic N) is 5. The molecule has 1 aromatic carbocycles. The molecular weight excluding hydrogens is 350 g/mol. The van der Waals surface area contributed by atoms with Gasteiger partial charge in [-0.05, 0) is 17.7 Å². The van der Waals surface area contributed by atoms with Crippen molar-refractivity contribution in [3.05, 3.63) is 83.0 Å². The molecule has 1 saturated heterocycles. The Morgan fingerprint density at radius 1 is 0.893 bits per heavy atom. The lowest BCUT2D eigenvalue weighted by Gasteiger charge is -2.29. The average molecular weight is 373 g/mol. The first kappa shape index (κ1) is 18.1. The van der Waals surface area contributed by atoms with Crippen molar-refractivity contribution >= 4 is 17.9 Å². The fourth-order valence-electron chi connectivity index (χ4n) is 3.50. The summed E-state index contributed by atoms with van der Waals surface area (Å²) in [5.41, 5.74) is 4.68. The number of hydrogen-bond donors (Lipinski definition) is 0. The van der Waals surface area contributed by atoms with Gasteiger partial charge in [0.1, 0.15) is 0 Å². The van der Waals surface area contributed by atoms with E-state index in [2.05, 4.69) is 27.2 Å². The van der Waals surface area contributed by atoms with Gasteiger partial charge in [-0.1, -0.05) is 30.3 Å². The quantitative estimate of drug-likeness (QED) is 0.660. The Hall–Kier alpha value is -3.25. The monoisotopic (exact) mass is 373 g/mol. The summed E-state index contributed by atoms with van der Waals surface area (Å²) >= 11 is 0. The predicted octanol–water partition coefficient (Wildman–Crippen LogP) is 2.71. The summed E-state index contributed by atoms with van der Waals surface area (Å²) in [5, 5.41) is 8.41. The van der Waals surface area contributed by atoms with E-state index < -0.39 is 0 Å². The van der Waals surface area contributed by atoms with Crippen LogP contribution in [-0.2, 0) is 25.4 Å². The zero-order chi connectivity index (χ0) is 19.5. The summed E-state index contributed by atoms with van der Waals surface area (Å²) in [7, 11) is 3.75. The fourth-order valence-corrected chi connectivity index (χ4v) is 3.50. The Labute approximate surface area is 164 Å². The summed E-state index contributed by atoms with van der Waals surface area (Å²) in [6.45, 7) is 2.03. The highest BCUT2D eigenvalue weighted by Gasteiger charge is 2.26. The van der Waals surface area contributed by atoms with Gasteiger partial charge in [0.15, 0.2) is 5.78 Å². The Morgan fingerprint density at radius 3 is 1.89 bits per heavy atom. The SMILES string of the molecule is Cn1cc(C=C2CN(Cc3ccccc3)CC(=Cc3cnn(C)c3)C2=O)cn1. The van der Waals surface area contributed by atoms with Crippen molar-refractivity contribution in [2.75, 3.05) is 13.1 Å². The lowest BCUT2D eigenvalue weighted by Crippen LogP contribution is -2.37. The van der Waals surface area contributed by atoms with Crippen LogP contribution in [0.4, 0.5) is 0 Å². The molecule has 0 aliphatic carbocycles. The van der Waals surface area contributed by atoms with Crippen molar-refractivity contribution in [3.63, 3.8) is 0 Å². The molecule has 0 bridgehead atoms. The number of aryl methyl sites for hydroxylation is 2. The van der Waals surface area contributed by atoms with Crippen LogP contribution in [0, 0.1) is 0 Å². The van der Waals surface area contributed by atoms with E-state index in [4.69, 9.17) is 0 Å². The van der Waals surface area contributed by atoms with Crippen molar-refractivity contribution in [1.29, 1.82) is 0 Å². The number of hydrogen-bond acceptors (Lipinski definition) is 4. The van der Waals surface area contributed by atoms with Crippen LogP contribution < -0.4 is 0 Å². The average Bonchev–Trinajstić information content (AvgIpc) is 3.27. The van der Waals surface area contributed by atoms with Gasteiger partial charge in [-0.15, -0.1) is 0 Å². The molecule has 1 fully saturated rings. The van der Waals surface area contributed by atoms with E-state index in [1.165, 1.54) is 5.56 Å². The zero-order valence-electron chi connectivity index (χ0n) is 16.1. The van der Waals surface area contributed by atoms with Crippen molar-refractivity contribution < 1.29 is 4.79 Å². The van der Waals surface area contributed by atoms with Gasteiger partial charge in [0.2, 0.25) is 0 Å². The molecule has 3 aromatic rings. The largest absolute Gasteiger partial charge is 0.290 e. The number of likely N-dealkylation sites (tertiary alicyclic amines) is 1. The third-order valence-electron chi connectivity index (χ3n) is 4.75. The number of piperidine rings is 1. The molecule has 0 spiro atoms. The number of Topliss-reactive ketones (excluding diaryl/α,β-unsaturated/α-hetero) is 1. The Morgan fingerprint density at radius 2 is 1.43 bits per heavy atom. The topological polar surface area (TPSA) is 56.0 Å². The highest BCUT2D eigenvalue weighted by atomic mass is 16.1. The van der Waals surface area contributed by atoms with Crippen LogP contribution in [0.15, 0.2) is 66.3 Å². The molecule has 0 atom stereocenters. The van der Waals surface area contributed by atoms with Crippen LogP contribution in [-0.4, -0.2) is 43.3 Å². The molecule has 6 nitrogen and oxygen atoms in total. The number of aromatic nitrogens is 4. The number of carbonyl (C=O) groups excluding carboxylic acids is 1. The van der Waals surface area contributed by atoms with Gasteiger partial charge >= 0.3 is 0 Å². The van der Waals surface area contributed by atoms with E-state index in [1.54, 1.807) is 21.8 Å². The molecule has 3 heterocycles. The van der Waals surface area contributed by atoms with Crippen LogP contribution in [0.1, 0.15) is 16.7 Å². The number of rotatable bonds is 4. The molecule has 1 aliphatic heterocycles. The third kappa shape index (κ3) is 4.18. The maximum atomic E-state index is 13.1. The summed E-state index contributed by atoms with van der Waals surface area (Å²) in [6, 6.07) is 10.3. The minimum Gasteiger partial charge on any atom is -0.290 e. The Bertz CT molecular complexity index is 980. The van der Waals surface area contributed by atoms with E-state index in [1.807, 2.05) is 56.8 Å². The van der Waals surface area contributed by atoms with E-state index in [0.29, 0.717) is 13.1 Å². The maximum absolute atomic E-state index is 13.1. The normalized spacial score (nSPS) is 18.3. The van der Waals surface area contributed by atoms with Crippen molar-refractivity contribution in [2.45, 2.75) is 6.54 Å². The molecule has 4 rings (SSSR count). The van der Waals surface area contributed by atoms with Gasteiger partial charge in [0, 0.05) is 68.4 Å². The molecule has 0 unspecified atom stereocenters. The van der Waals surface area contributed by atoms with Gasteiger partial charge in [-0.25, -0.2) is 0 Å². The predicted molar refractivity (Wildman–Crippen MR) is 109 cm³/mol. The first-order chi connectivity index (χ1) is 13.6. The Kier molecular flexibility index (Phi) is 5.04. The maximum Gasteiger partial charge on any atom is 0.187 e. The lowest BCUT2D eigenvalue weighted by atomic mass is 9.94. The minimum absolute atomic E-state index is 0.0945. The third-order valence-corrected chi connectivity index (χ3v) is 4.75. The summed E-state index contributed by atoms with van der Waals surface area (Å²) in [5.74, 6) is 0.0945.